The Morgan fingerprint density at radius 3 is 2.42 bits per heavy atom. The summed E-state index contributed by atoms with van der Waals surface area (Å²) in [4.78, 5) is 37.5. The van der Waals surface area contributed by atoms with E-state index in [0.717, 1.165) is 12.0 Å². The Bertz CT molecular complexity index is 1330. The average molecular weight is 521 g/mol. The van der Waals surface area contributed by atoms with Crippen LogP contribution in [0.4, 0.5) is 10.7 Å². The summed E-state index contributed by atoms with van der Waals surface area (Å²) in [5, 5.41) is 0.443. The molecule has 1 aromatic heterocycles. The Morgan fingerprint density at radius 1 is 1.11 bits per heavy atom. The molecule has 0 bridgehead atoms. The van der Waals surface area contributed by atoms with Gasteiger partial charge in [-0.25, -0.2) is 9.78 Å². The van der Waals surface area contributed by atoms with E-state index in [9.17, 15) is 9.59 Å². The number of amides is 1. The largest absolute Gasteiger partial charge is 0.493 e. The first-order chi connectivity index (χ1) is 18.4. The highest BCUT2D eigenvalue weighted by atomic mass is 16.6. The number of hydrogen-bond acceptors (Lipinski definition) is 7. The van der Waals surface area contributed by atoms with Gasteiger partial charge in [0, 0.05) is 45.6 Å². The smallest absolute Gasteiger partial charge is 0.410 e. The van der Waals surface area contributed by atoms with Gasteiger partial charge in [0.1, 0.15) is 5.60 Å². The second-order valence-corrected chi connectivity index (χ2v) is 10.5. The van der Waals surface area contributed by atoms with Crippen LogP contribution in [0.15, 0.2) is 47.3 Å². The molecule has 1 saturated heterocycles. The number of carbonyl (C=O) groups is 1. The summed E-state index contributed by atoms with van der Waals surface area (Å²) < 4.78 is 17.0. The van der Waals surface area contributed by atoms with Crippen molar-refractivity contribution in [1.29, 1.82) is 0 Å². The molecule has 1 aliphatic heterocycles. The van der Waals surface area contributed by atoms with E-state index in [2.05, 4.69) is 9.88 Å². The van der Waals surface area contributed by atoms with Gasteiger partial charge in [0.15, 0.2) is 11.5 Å². The molecular weight excluding hydrogens is 484 g/mol. The molecule has 5 rings (SSSR count). The fraction of sp³-hybridized carbons (Fsp3) is 0.483. The van der Waals surface area contributed by atoms with Crippen LogP contribution in [0, 0.1) is 5.92 Å². The number of anilines is 1. The van der Waals surface area contributed by atoms with Crippen molar-refractivity contribution in [2.45, 2.75) is 50.7 Å². The van der Waals surface area contributed by atoms with Crippen molar-refractivity contribution in [2.75, 3.05) is 39.3 Å². The zero-order valence-electron chi connectivity index (χ0n) is 22.4. The van der Waals surface area contributed by atoms with Crippen molar-refractivity contribution >= 4 is 22.9 Å². The fourth-order valence-electron chi connectivity index (χ4n) is 5.49. The maximum absolute atomic E-state index is 13.2. The first-order valence-electron chi connectivity index (χ1n) is 13.3. The summed E-state index contributed by atoms with van der Waals surface area (Å²) in [7, 11) is 4.88. The van der Waals surface area contributed by atoms with Crippen LogP contribution in [0.2, 0.25) is 0 Å². The predicted octanol–water partition coefficient (Wildman–Crippen LogP) is 4.74. The number of nitrogens with zero attached hydrogens (tertiary/aromatic N) is 3. The molecule has 0 atom stereocenters. The number of carbonyl (C=O) groups excluding carboxylic acids is 1. The van der Waals surface area contributed by atoms with E-state index in [1.165, 1.54) is 26.4 Å². The molecule has 38 heavy (non-hydrogen) atoms. The normalized spacial score (nSPS) is 17.1. The van der Waals surface area contributed by atoms with E-state index < -0.39 is 5.60 Å². The number of H-pyrrole nitrogens is 1. The van der Waals surface area contributed by atoms with Gasteiger partial charge in [0.05, 0.1) is 25.1 Å². The second-order valence-electron chi connectivity index (χ2n) is 10.5. The summed E-state index contributed by atoms with van der Waals surface area (Å²) in [5.74, 6) is 2.11. The molecule has 3 aromatic rings. The summed E-state index contributed by atoms with van der Waals surface area (Å²) in [6, 6.07) is 13.3. The molecule has 2 fully saturated rings. The maximum Gasteiger partial charge on any atom is 0.410 e. The molecule has 1 saturated carbocycles. The third-order valence-electron chi connectivity index (χ3n) is 7.94. The molecule has 0 spiro atoms. The third-order valence-corrected chi connectivity index (χ3v) is 7.94. The number of rotatable bonds is 8. The SMILES string of the molecule is COc1cc2nc(N3CCC(CC4CCC4)(OC(=O)N(C)Cc4ccccc4)CC3)[nH]c(=O)c2cc1OC. The topological polar surface area (TPSA) is 97.0 Å². The molecule has 2 heterocycles. The second kappa shape index (κ2) is 10.9. The summed E-state index contributed by atoms with van der Waals surface area (Å²) in [6.45, 7) is 1.76. The highest BCUT2D eigenvalue weighted by molar-refractivity contribution is 5.82. The number of piperidine rings is 1. The number of aromatic amines is 1. The lowest BCUT2D eigenvalue weighted by Crippen LogP contribution is -2.50. The van der Waals surface area contributed by atoms with Gasteiger partial charge in [-0.05, 0) is 24.0 Å². The molecule has 9 heteroatoms. The number of hydrogen-bond donors (Lipinski definition) is 1. The minimum absolute atomic E-state index is 0.230. The van der Waals surface area contributed by atoms with Crippen LogP contribution in [0.3, 0.4) is 0 Å². The zero-order chi connectivity index (χ0) is 26.7. The Labute approximate surface area is 222 Å². The van der Waals surface area contributed by atoms with Crippen molar-refractivity contribution in [3.05, 3.63) is 58.4 Å². The number of ether oxygens (including phenoxy) is 3. The predicted molar refractivity (Wildman–Crippen MR) is 146 cm³/mol. The fourth-order valence-corrected chi connectivity index (χ4v) is 5.49. The molecule has 2 aromatic carbocycles. The van der Waals surface area contributed by atoms with Crippen LogP contribution in [-0.2, 0) is 11.3 Å². The van der Waals surface area contributed by atoms with Crippen molar-refractivity contribution < 1.29 is 19.0 Å². The minimum Gasteiger partial charge on any atom is -0.493 e. The molecule has 1 aliphatic carbocycles. The molecule has 1 N–H and O–H groups in total. The van der Waals surface area contributed by atoms with Crippen molar-refractivity contribution in [2.24, 2.45) is 5.92 Å². The lowest BCUT2D eigenvalue weighted by atomic mass is 9.74. The van der Waals surface area contributed by atoms with E-state index in [1.807, 2.05) is 30.3 Å². The first kappa shape index (κ1) is 25.9. The van der Waals surface area contributed by atoms with E-state index in [4.69, 9.17) is 19.2 Å². The van der Waals surface area contributed by atoms with Crippen LogP contribution in [0.1, 0.15) is 44.1 Å². The highest BCUT2D eigenvalue weighted by Gasteiger charge is 2.42. The van der Waals surface area contributed by atoms with E-state index >= 15 is 0 Å². The standard InChI is InChI=1S/C29H36N4O5/c1-32(19-21-8-5-4-6-9-21)28(35)38-29(18-20-10-7-11-20)12-14-33(15-13-29)27-30-23-17-25(37-3)24(36-2)16-22(23)26(34)31-27/h4-6,8-9,16-17,20H,7,10-15,18-19H2,1-3H3,(H,30,31,34). The lowest BCUT2D eigenvalue weighted by Gasteiger charge is -2.45. The quantitative estimate of drug-likeness (QED) is 0.458. The minimum atomic E-state index is -0.517. The van der Waals surface area contributed by atoms with Crippen LogP contribution in [0.5, 0.6) is 11.5 Å². The lowest BCUT2D eigenvalue weighted by molar-refractivity contribution is -0.0461. The van der Waals surface area contributed by atoms with E-state index in [-0.39, 0.29) is 11.7 Å². The third kappa shape index (κ3) is 5.42. The Morgan fingerprint density at radius 2 is 1.79 bits per heavy atom. The van der Waals surface area contributed by atoms with Crippen LogP contribution in [-0.4, -0.2) is 60.9 Å². The molecule has 2 aliphatic rings. The van der Waals surface area contributed by atoms with Gasteiger partial charge in [0.2, 0.25) is 5.95 Å². The number of nitrogens with one attached hydrogen (secondary N) is 1. The highest BCUT2D eigenvalue weighted by Crippen LogP contribution is 2.41. The number of methoxy groups -OCH3 is 2. The zero-order valence-corrected chi connectivity index (χ0v) is 22.4. The molecule has 0 unspecified atom stereocenters. The number of fused-ring (bicyclic) bond motifs is 1. The van der Waals surface area contributed by atoms with Crippen LogP contribution >= 0.6 is 0 Å². The van der Waals surface area contributed by atoms with E-state index in [0.29, 0.717) is 66.7 Å². The van der Waals surface area contributed by atoms with Crippen molar-refractivity contribution in [1.82, 2.24) is 14.9 Å². The summed E-state index contributed by atoms with van der Waals surface area (Å²) >= 11 is 0. The van der Waals surface area contributed by atoms with Gasteiger partial charge in [-0.15, -0.1) is 0 Å². The molecular formula is C29H36N4O5. The van der Waals surface area contributed by atoms with Gasteiger partial charge < -0.3 is 24.0 Å². The van der Waals surface area contributed by atoms with Gasteiger partial charge in [0.25, 0.3) is 5.56 Å². The maximum atomic E-state index is 13.2. The summed E-state index contributed by atoms with van der Waals surface area (Å²) in [5.41, 5.74) is 0.862. The van der Waals surface area contributed by atoms with Gasteiger partial charge in [-0.3, -0.25) is 9.78 Å². The van der Waals surface area contributed by atoms with Gasteiger partial charge >= 0.3 is 6.09 Å². The molecule has 9 nitrogen and oxygen atoms in total. The summed E-state index contributed by atoms with van der Waals surface area (Å²) in [6.07, 6.45) is 5.57. The molecule has 202 valence electrons. The Balaban J connectivity index is 1.32. The van der Waals surface area contributed by atoms with Gasteiger partial charge in [-0.1, -0.05) is 49.6 Å². The van der Waals surface area contributed by atoms with Crippen molar-refractivity contribution in [3.63, 3.8) is 0 Å². The van der Waals surface area contributed by atoms with E-state index in [1.54, 1.807) is 31.2 Å². The molecule has 0 radical (unpaired) electrons. The van der Waals surface area contributed by atoms with Gasteiger partial charge in [-0.2, -0.15) is 0 Å². The molecule has 1 amide bonds. The Hall–Kier alpha value is -3.75. The Kier molecular flexibility index (Phi) is 7.44. The average Bonchev–Trinajstić information content (AvgIpc) is 2.91. The first-order valence-corrected chi connectivity index (χ1v) is 13.3. The number of aromatic nitrogens is 2. The van der Waals surface area contributed by atoms with Crippen molar-refractivity contribution in [3.8, 4) is 11.5 Å². The van der Waals surface area contributed by atoms with Crippen LogP contribution < -0.4 is 19.9 Å². The van der Waals surface area contributed by atoms with Crippen LogP contribution in [0.25, 0.3) is 10.9 Å². The number of benzene rings is 2. The monoisotopic (exact) mass is 520 g/mol.